The molecule has 2 heterocycles. The number of aliphatic hydroxyl groups excluding tert-OH is 1. The van der Waals surface area contributed by atoms with Crippen molar-refractivity contribution in [2.24, 2.45) is 0 Å². The highest BCUT2D eigenvalue weighted by Gasteiger charge is 2.20. The summed E-state index contributed by atoms with van der Waals surface area (Å²) < 4.78 is 13.4. The first-order valence-electron chi connectivity index (χ1n) is 6.48. The molecule has 0 aliphatic carbocycles. The van der Waals surface area contributed by atoms with Crippen molar-refractivity contribution in [2.45, 2.75) is 13.0 Å². The predicted molar refractivity (Wildman–Crippen MR) is 79.4 cm³/mol. The Morgan fingerprint density at radius 2 is 2.20 bits per heavy atom. The van der Waals surface area contributed by atoms with E-state index in [4.69, 9.17) is 5.11 Å². The minimum absolute atomic E-state index is 0.119. The van der Waals surface area contributed by atoms with E-state index in [-0.39, 0.29) is 12.4 Å². The Bertz CT molecular complexity index is 683. The Labute approximate surface area is 121 Å². The number of anilines is 1. The van der Waals surface area contributed by atoms with Gasteiger partial charge < -0.3 is 10.0 Å². The molecular weight excluding hydrogens is 273 g/mol. The second-order valence-electron chi connectivity index (χ2n) is 4.67. The lowest BCUT2D eigenvalue weighted by molar-refractivity contribution is 0.350. The maximum Gasteiger partial charge on any atom is 0.125 e. The zero-order valence-electron chi connectivity index (χ0n) is 10.9. The molecule has 0 saturated carbocycles. The number of aliphatic hydroxyl groups is 1. The molecule has 1 aliphatic rings. The lowest BCUT2D eigenvalue weighted by Gasteiger charge is -2.18. The summed E-state index contributed by atoms with van der Waals surface area (Å²) in [5, 5.41) is 8.69. The zero-order valence-corrected chi connectivity index (χ0v) is 11.7. The van der Waals surface area contributed by atoms with Crippen molar-refractivity contribution in [2.75, 3.05) is 18.1 Å². The topological polar surface area (TPSA) is 23.5 Å². The average Bonchev–Trinajstić information content (AvgIpc) is 3.05. The van der Waals surface area contributed by atoms with Crippen LogP contribution in [0.25, 0.3) is 0 Å². The van der Waals surface area contributed by atoms with Gasteiger partial charge in [-0.2, -0.15) is 0 Å². The van der Waals surface area contributed by atoms with Crippen LogP contribution in [0.1, 0.15) is 15.3 Å². The molecule has 1 N–H and O–H groups in total. The van der Waals surface area contributed by atoms with Crippen LogP contribution in [-0.2, 0) is 13.0 Å². The largest absolute Gasteiger partial charge is 0.384 e. The van der Waals surface area contributed by atoms with Crippen molar-refractivity contribution < 1.29 is 9.50 Å². The molecule has 1 aliphatic heterocycles. The lowest BCUT2D eigenvalue weighted by Crippen LogP contribution is -2.18. The summed E-state index contributed by atoms with van der Waals surface area (Å²) in [4.78, 5) is 4.35. The fourth-order valence-electron chi connectivity index (χ4n) is 2.43. The minimum atomic E-state index is -0.184. The van der Waals surface area contributed by atoms with Gasteiger partial charge in [0.1, 0.15) is 12.4 Å². The SMILES string of the molecule is OCC#Cc1ccc(CN2CCc3ccc(F)cc32)s1. The number of fused-ring (bicyclic) bond motifs is 1. The van der Waals surface area contributed by atoms with Crippen LogP contribution < -0.4 is 4.90 Å². The molecule has 0 radical (unpaired) electrons. The van der Waals surface area contributed by atoms with Crippen LogP contribution in [0.5, 0.6) is 0 Å². The van der Waals surface area contributed by atoms with Gasteiger partial charge in [-0.1, -0.05) is 17.9 Å². The lowest BCUT2D eigenvalue weighted by atomic mass is 10.2. The van der Waals surface area contributed by atoms with Crippen LogP contribution in [0.4, 0.5) is 10.1 Å². The normalized spacial score (nSPS) is 13.0. The van der Waals surface area contributed by atoms with Gasteiger partial charge in [0.2, 0.25) is 0 Å². The molecule has 0 bridgehead atoms. The van der Waals surface area contributed by atoms with Gasteiger partial charge in [-0.25, -0.2) is 4.39 Å². The molecule has 3 rings (SSSR count). The summed E-state index contributed by atoms with van der Waals surface area (Å²) >= 11 is 1.62. The predicted octanol–water partition coefficient (Wildman–Crippen LogP) is 2.79. The molecule has 0 unspecified atom stereocenters. The van der Waals surface area contributed by atoms with Crippen molar-refractivity contribution >= 4 is 17.0 Å². The average molecular weight is 287 g/mol. The number of benzene rings is 1. The summed E-state index contributed by atoms with van der Waals surface area (Å²) in [5.41, 5.74) is 2.21. The van der Waals surface area contributed by atoms with E-state index in [1.54, 1.807) is 17.4 Å². The highest BCUT2D eigenvalue weighted by Crippen LogP contribution is 2.31. The highest BCUT2D eigenvalue weighted by molar-refractivity contribution is 7.12. The Morgan fingerprint density at radius 3 is 3.05 bits per heavy atom. The molecule has 1 aromatic heterocycles. The summed E-state index contributed by atoms with van der Waals surface area (Å²) in [6.07, 6.45) is 0.970. The van der Waals surface area contributed by atoms with Crippen LogP contribution in [0, 0.1) is 17.7 Å². The van der Waals surface area contributed by atoms with E-state index in [1.165, 1.54) is 16.5 Å². The smallest absolute Gasteiger partial charge is 0.125 e. The van der Waals surface area contributed by atoms with E-state index in [1.807, 2.05) is 18.2 Å². The van der Waals surface area contributed by atoms with Crippen molar-refractivity contribution in [3.8, 4) is 11.8 Å². The fraction of sp³-hybridized carbons (Fsp3) is 0.250. The molecule has 2 nitrogen and oxygen atoms in total. The van der Waals surface area contributed by atoms with E-state index >= 15 is 0 Å². The van der Waals surface area contributed by atoms with Crippen molar-refractivity contribution in [1.82, 2.24) is 0 Å². The van der Waals surface area contributed by atoms with Crippen molar-refractivity contribution in [3.63, 3.8) is 0 Å². The Kier molecular flexibility index (Phi) is 3.72. The van der Waals surface area contributed by atoms with Gasteiger partial charge in [0.05, 0.1) is 11.4 Å². The molecule has 4 heteroatoms. The number of halogens is 1. The minimum Gasteiger partial charge on any atom is -0.384 e. The standard InChI is InChI=1S/C16H14FNOS/c17-13-4-3-12-7-8-18(16(12)10-13)11-15-6-5-14(20-15)2-1-9-19/h3-6,10,19H,7-9,11H2. The first-order chi connectivity index (χ1) is 9.76. The van der Waals surface area contributed by atoms with Crippen LogP contribution in [0.2, 0.25) is 0 Å². The molecular formula is C16H14FNOS. The molecule has 1 aromatic carbocycles. The van der Waals surface area contributed by atoms with Gasteiger partial charge in [-0.3, -0.25) is 0 Å². The Balaban J connectivity index is 1.77. The zero-order chi connectivity index (χ0) is 13.9. The van der Waals surface area contributed by atoms with E-state index in [0.29, 0.717) is 0 Å². The van der Waals surface area contributed by atoms with Crippen LogP contribution in [0.15, 0.2) is 30.3 Å². The quantitative estimate of drug-likeness (QED) is 0.859. The van der Waals surface area contributed by atoms with Crippen LogP contribution in [-0.4, -0.2) is 18.3 Å². The van der Waals surface area contributed by atoms with E-state index in [9.17, 15) is 4.39 Å². The first kappa shape index (κ1) is 13.2. The molecule has 0 amide bonds. The van der Waals surface area contributed by atoms with Gasteiger partial charge in [-0.05, 0) is 36.2 Å². The van der Waals surface area contributed by atoms with Gasteiger partial charge in [-0.15, -0.1) is 11.3 Å². The molecule has 0 saturated heterocycles. The number of hydrogen-bond donors (Lipinski definition) is 1. The number of hydrogen-bond acceptors (Lipinski definition) is 3. The summed E-state index contributed by atoms with van der Waals surface area (Å²) in [5.74, 6) is 5.37. The second-order valence-corrected chi connectivity index (χ2v) is 5.84. The second kappa shape index (κ2) is 5.66. The van der Waals surface area contributed by atoms with E-state index in [2.05, 4.69) is 16.7 Å². The first-order valence-corrected chi connectivity index (χ1v) is 7.30. The number of nitrogens with zero attached hydrogens (tertiary/aromatic N) is 1. The van der Waals surface area contributed by atoms with Crippen molar-refractivity contribution in [1.29, 1.82) is 0 Å². The molecule has 20 heavy (non-hydrogen) atoms. The van der Waals surface area contributed by atoms with Crippen LogP contribution >= 0.6 is 11.3 Å². The molecule has 0 fully saturated rings. The fourth-order valence-corrected chi connectivity index (χ4v) is 3.33. The number of rotatable bonds is 2. The number of thiophene rings is 1. The molecule has 0 spiro atoms. The molecule has 102 valence electrons. The third-order valence-electron chi connectivity index (χ3n) is 3.34. The van der Waals surface area contributed by atoms with Crippen LogP contribution in [0.3, 0.4) is 0 Å². The third-order valence-corrected chi connectivity index (χ3v) is 4.32. The van der Waals surface area contributed by atoms with E-state index in [0.717, 1.165) is 30.1 Å². The molecule has 2 aromatic rings. The van der Waals surface area contributed by atoms with Crippen molar-refractivity contribution in [3.05, 3.63) is 51.5 Å². The molecule has 0 atom stereocenters. The maximum absolute atomic E-state index is 13.4. The maximum atomic E-state index is 13.4. The third kappa shape index (κ3) is 2.69. The Morgan fingerprint density at radius 1 is 1.30 bits per heavy atom. The summed E-state index contributed by atoms with van der Waals surface area (Å²) in [7, 11) is 0. The van der Waals surface area contributed by atoms with Gasteiger partial charge in [0.15, 0.2) is 0 Å². The van der Waals surface area contributed by atoms with Gasteiger partial charge >= 0.3 is 0 Å². The summed E-state index contributed by atoms with van der Waals surface area (Å²) in [6.45, 7) is 1.59. The van der Waals surface area contributed by atoms with Gasteiger partial charge in [0.25, 0.3) is 0 Å². The highest BCUT2D eigenvalue weighted by atomic mass is 32.1. The monoisotopic (exact) mass is 287 g/mol. The van der Waals surface area contributed by atoms with Gasteiger partial charge in [0, 0.05) is 17.1 Å². The van der Waals surface area contributed by atoms with E-state index < -0.39 is 0 Å². The Hall–Kier alpha value is -1.83. The summed E-state index contributed by atoms with van der Waals surface area (Å²) in [6, 6.07) is 9.02.